The summed E-state index contributed by atoms with van der Waals surface area (Å²) >= 11 is 5.65. The van der Waals surface area contributed by atoms with Crippen LogP contribution in [-0.2, 0) is 0 Å². The van der Waals surface area contributed by atoms with Gasteiger partial charge in [0, 0.05) is 5.75 Å². The van der Waals surface area contributed by atoms with Gasteiger partial charge in [-0.05, 0) is 33.6 Å². The number of thioether (sulfide) groups is 1. The predicted molar refractivity (Wildman–Crippen MR) is 64.1 cm³/mol. The summed E-state index contributed by atoms with van der Waals surface area (Å²) in [6, 6.07) is 0. The quantitative estimate of drug-likeness (QED) is 0.624. The molecule has 0 saturated carbocycles. The van der Waals surface area contributed by atoms with Gasteiger partial charge in [0.1, 0.15) is 0 Å². The summed E-state index contributed by atoms with van der Waals surface area (Å²) in [5.41, 5.74) is 0.525. The number of halogens is 1. The van der Waals surface area contributed by atoms with Crippen molar-refractivity contribution < 1.29 is 0 Å². The highest BCUT2D eigenvalue weighted by Gasteiger charge is 2.32. The van der Waals surface area contributed by atoms with Crippen LogP contribution in [0.1, 0.15) is 26.7 Å². The Labute approximate surface area is 93.0 Å². The Morgan fingerprint density at radius 2 is 2.23 bits per heavy atom. The van der Waals surface area contributed by atoms with Gasteiger partial charge in [0.2, 0.25) is 0 Å². The number of hydrogen-bond donors (Lipinski definition) is 0. The van der Waals surface area contributed by atoms with Gasteiger partial charge >= 0.3 is 0 Å². The minimum absolute atomic E-state index is 0.525. The van der Waals surface area contributed by atoms with Gasteiger partial charge in [-0.2, -0.15) is 0 Å². The number of allylic oxidation sites excluding steroid dienone is 4. The van der Waals surface area contributed by atoms with Crippen LogP contribution in [-0.4, -0.2) is 5.75 Å². The molecule has 1 aliphatic heterocycles. The van der Waals surface area contributed by atoms with E-state index in [1.807, 2.05) is 0 Å². The Balaban J connectivity index is 2.16. The number of fused-ring (bicyclic) bond motifs is 1. The molecule has 0 aromatic rings. The van der Waals surface area contributed by atoms with Crippen molar-refractivity contribution in [1.29, 1.82) is 0 Å². The highest BCUT2D eigenvalue weighted by molar-refractivity contribution is 9.11. The molecule has 0 radical (unpaired) electrons. The van der Waals surface area contributed by atoms with Gasteiger partial charge in [0.25, 0.3) is 0 Å². The van der Waals surface area contributed by atoms with E-state index in [-0.39, 0.29) is 0 Å². The Morgan fingerprint density at radius 3 is 3.00 bits per heavy atom. The summed E-state index contributed by atoms with van der Waals surface area (Å²) in [6.45, 7) is 4.76. The molecule has 0 amide bonds. The second-order valence-electron chi connectivity index (χ2n) is 4.74. The molecule has 0 bridgehead atoms. The summed E-state index contributed by atoms with van der Waals surface area (Å²) in [5.74, 6) is 2.06. The van der Waals surface area contributed by atoms with Gasteiger partial charge < -0.3 is 0 Å². The highest BCUT2D eigenvalue weighted by atomic mass is 79.9. The van der Waals surface area contributed by atoms with Crippen LogP contribution >= 0.6 is 27.7 Å². The minimum atomic E-state index is 0.525. The van der Waals surface area contributed by atoms with Crippen LogP contribution in [0.25, 0.3) is 0 Å². The molecular weight excluding hydrogens is 244 g/mol. The minimum Gasteiger partial charge on any atom is -0.130 e. The lowest BCUT2D eigenvalue weighted by atomic mass is 9.81. The molecule has 2 rings (SSSR count). The molecular formula is C11H15BrS. The maximum Gasteiger partial charge on any atom is 0.00285 e. The Bertz CT molecular complexity index is 276. The maximum absolute atomic E-state index is 3.60. The zero-order chi connectivity index (χ0) is 9.47. The average Bonchev–Trinajstić information content (AvgIpc) is 2.01. The van der Waals surface area contributed by atoms with Crippen molar-refractivity contribution in [3.05, 3.63) is 21.5 Å². The van der Waals surface area contributed by atoms with Gasteiger partial charge in [0.15, 0.2) is 0 Å². The molecule has 1 atom stereocenters. The molecule has 2 aliphatic rings. The van der Waals surface area contributed by atoms with Gasteiger partial charge in [-0.3, -0.25) is 0 Å². The second-order valence-corrected chi connectivity index (χ2v) is 6.81. The third kappa shape index (κ3) is 2.21. The van der Waals surface area contributed by atoms with E-state index in [2.05, 4.69) is 53.7 Å². The van der Waals surface area contributed by atoms with Crippen LogP contribution in [0.2, 0.25) is 0 Å². The van der Waals surface area contributed by atoms with Crippen LogP contribution in [0.15, 0.2) is 21.5 Å². The molecule has 0 spiro atoms. The zero-order valence-corrected chi connectivity index (χ0v) is 10.5. The van der Waals surface area contributed by atoms with Crippen molar-refractivity contribution in [3.63, 3.8) is 0 Å². The normalized spacial score (nSPS) is 31.8. The topological polar surface area (TPSA) is 0 Å². The van der Waals surface area contributed by atoms with Crippen molar-refractivity contribution in [2.75, 3.05) is 5.75 Å². The van der Waals surface area contributed by atoms with E-state index in [0.29, 0.717) is 5.41 Å². The van der Waals surface area contributed by atoms with Gasteiger partial charge in [-0.15, -0.1) is 11.8 Å². The largest absolute Gasteiger partial charge is 0.130 e. The lowest BCUT2D eigenvalue weighted by molar-refractivity contribution is 0.321. The fourth-order valence-electron chi connectivity index (χ4n) is 2.06. The fourth-order valence-corrected chi connectivity index (χ4v) is 3.82. The third-order valence-corrected chi connectivity index (χ3v) is 5.02. The molecule has 1 unspecified atom stereocenters. The smallest absolute Gasteiger partial charge is 0.00285 e. The number of hydrogen-bond acceptors (Lipinski definition) is 1. The van der Waals surface area contributed by atoms with Crippen molar-refractivity contribution in [1.82, 2.24) is 0 Å². The molecule has 0 aromatic carbocycles. The van der Waals surface area contributed by atoms with E-state index in [4.69, 9.17) is 0 Å². The first-order valence-electron chi connectivity index (χ1n) is 4.76. The summed E-state index contributed by atoms with van der Waals surface area (Å²) in [7, 11) is 0. The Hall–Kier alpha value is 0.310. The fraction of sp³-hybridized carbons (Fsp3) is 0.636. The summed E-state index contributed by atoms with van der Waals surface area (Å²) in [6.07, 6.45) is 7.05. The molecule has 1 saturated heterocycles. The average molecular weight is 259 g/mol. The van der Waals surface area contributed by atoms with Crippen LogP contribution in [0.3, 0.4) is 0 Å². The first-order chi connectivity index (χ1) is 6.07. The molecule has 2 heteroatoms. The van der Waals surface area contributed by atoms with Crippen LogP contribution in [0.4, 0.5) is 0 Å². The molecule has 1 fully saturated rings. The highest BCUT2D eigenvalue weighted by Crippen LogP contribution is 2.48. The molecule has 72 valence electrons. The van der Waals surface area contributed by atoms with Gasteiger partial charge in [-0.1, -0.05) is 41.9 Å². The molecule has 1 aliphatic carbocycles. The number of rotatable bonds is 0. The molecule has 0 N–H and O–H groups in total. The predicted octanol–water partition coefficient (Wildman–Crippen LogP) is 4.33. The molecule has 13 heavy (non-hydrogen) atoms. The zero-order valence-electron chi connectivity index (χ0n) is 8.14. The third-order valence-electron chi connectivity index (χ3n) is 2.70. The lowest BCUT2D eigenvalue weighted by Crippen LogP contribution is -2.26. The first kappa shape index (κ1) is 9.85. The molecule has 1 heterocycles. The Morgan fingerprint density at radius 1 is 1.46 bits per heavy atom. The molecule has 0 aromatic heterocycles. The second kappa shape index (κ2) is 3.47. The van der Waals surface area contributed by atoms with Crippen LogP contribution < -0.4 is 0 Å². The molecule has 0 nitrogen and oxygen atoms in total. The van der Waals surface area contributed by atoms with Crippen LogP contribution in [0.5, 0.6) is 0 Å². The summed E-state index contributed by atoms with van der Waals surface area (Å²) in [5, 5.41) is 0. The van der Waals surface area contributed by atoms with E-state index in [0.717, 1.165) is 5.92 Å². The van der Waals surface area contributed by atoms with E-state index in [1.165, 1.54) is 23.1 Å². The summed E-state index contributed by atoms with van der Waals surface area (Å²) < 4.78 is 1.36. The van der Waals surface area contributed by atoms with E-state index >= 15 is 0 Å². The van der Waals surface area contributed by atoms with E-state index in [1.54, 1.807) is 4.91 Å². The van der Waals surface area contributed by atoms with E-state index < -0.39 is 0 Å². The lowest BCUT2D eigenvalue weighted by Gasteiger charge is -2.37. The maximum atomic E-state index is 3.60. The summed E-state index contributed by atoms with van der Waals surface area (Å²) in [4.78, 5) is 1.60. The van der Waals surface area contributed by atoms with Crippen LogP contribution in [0, 0.1) is 11.3 Å². The Kier molecular flexibility index (Phi) is 2.63. The van der Waals surface area contributed by atoms with Crippen molar-refractivity contribution in [2.45, 2.75) is 26.7 Å². The van der Waals surface area contributed by atoms with Gasteiger partial charge in [0.05, 0.1) is 0 Å². The van der Waals surface area contributed by atoms with Crippen molar-refractivity contribution in [2.24, 2.45) is 11.3 Å². The van der Waals surface area contributed by atoms with Crippen molar-refractivity contribution >= 4 is 27.7 Å². The van der Waals surface area contributed by atoms with E-state index in [9.17, 15) is 0 Å². The first-order valence-corrected chi connectivity index (χ1v) is 6.54. The standard InChI is InChI=1S/C11H15BrS/c1-11(2)6-8-5-9(12)3-4-10(8)13-7-11/h3-4,8H,5-7H2,1-2H3. The SMILES string of the molecule is CC1(C)CSC2=CC=C(Br)CC2C1. The van der Waals surface area contributed by atoms with Gasteiger partial charge in [-0.25, -0.2) is 0 Å². The van der Waals surface area contributed by atoms with Crippen molar-refractivity contribution in [3.8, 4) is 0 Å². The monoisotopic (exact) mass is 258 g/mol.